The van der Waals surface area contributed by atoms with Crippen molar-refractivity contribution in [3.63, 3.8) is 0 Å². The van der Waals surface area contributed by atoms with Crippen molar-refractivity contribution in [2.24, 2.45) is 0 Å². The Hall–Kier alpha value is -2.76. The minimum absolute atomic E-state index is 0.157. The molecule has 2 aromatic rings. The second-order valence-corrected chi connectivity index (χ2v) is 4.32. The smallest absolute Gasteiger partial charge is 0.270 e. The van der Waals surface area contributed by atoms with Gasteiger partial charge in [-0.15, -0.1) is 0 Å². The molecule has 1 aliphatic rings. The summed E-state index contributed by atoms with van der Waals surface area (Å²) in [6, 6.07) is 7.50. The highest BCUT2D eigenvalue weighted by atomic mass is 16.6. The molecule has 0 saturated heterocycles. The van der Waals surface area contributed by atoms with E-state index in [1.807, 2.05) is 0 Å². The predicted octanol–water partition coefficient (Wildman–Crippen LogP) is 1.97. The van der Waals surface area contributed by atoms with Crippen molar-refractivity contribution < 1.29 is 14.5 Å². The molecule has 94 valence electrons. The van der Waals surface area contributed by atoms with E-state index in [0.717, 1.165) is 4.90 Å². The van der Waals surface area contributed by atoms with Gasteiger partial charge in [-0.05, 0) is 11.5 Å². The Labute approximate surface area is 107 Å². The van der Waals surface area contributed by atoms with Gasteiger partial charge in [0.15, 0.2) is 0 Å². The van der Waals surface area contributed by atoms with E-state index in [1.54, 1.807) is 18.2 Å². The highest BCUT2D eigenvalue weighted by Gasteiger charge is 2.31. The van der Waals surface area contributed by atoms with Gasteiger partial charge in [0.05, 0.1) is 10.5 Å². The largest absolute Gasteiger partial charge is 0.277 e. The van der Waals surface area contributed by atoms with Crippen LogP contribution in [0.1, 0.15) is 20.7 Å². The van der Waals surface area contributed by atoms with Gasteiger partial charge in [0, 0.05) is 30.1 Å². The summed E-state index contributed by atoms with van der Waals surface area (Å²) in [4.78, 5) is 35.4. The fourth-order valence-corrected chi connectivity index (χ4v) is 2.32. The van der Waals surface area contributed by atoms with Crippen molar-refractivity contribution >= 4 is 28.3 Å². The molecule has 0 fully saturated rings. The van der Waals surface area contributed by atoms with E-state index in [0.29, 0.717) is 16.3 Å². The number of non-ortho nitro benzene ring substituents is 1. The maximum Gasteiger partial charge on any atom is 0.270 e. The third-order valence-electron chi connectivity index (χ3n) is 3.24. The Morgan fingerprint density at radius 3 is 2.47 bits per heavy atom. The Kier molecular flexibility index (Phi) is 2.16. The molecule has 0 saturated carbocycles. The van der Waals surface area contributed by atoms with Crippen molar-refractivity contribution in [3.8, 4) is 0 Å². The first kappa shape index (κ1) is 11.3. The second kappa shape index (κ2) is 3.61. The molecular weight excluding hydrogens is 248 g/mol. The Balaban J connectivity index is 2.48. The molecule has 0 radical (unpaired) electrons. The van der Waals surface area contributed by atoms with Crippen LogP contribution in [0.2, 0.25) is 0 Å². The van der Waals surface area contributed by atoms with Crippen LogP contribution in [0.3, 0.4) is 0 Å². The van der Waals surface area contributed by atoms with Crippen molar-refractivity contribution in [2.75, 3.05) is 7.05 Å². The highest BCUT2D eigenvalue weighted by Crippen LogP contribution is 2.32. The lowest BCUT2D eigenvalue weighted by Gasteiger charge is -2.23. The summed E-state index contributed by atoms with van der Waals surface area (Å²) in [7, 11) is 1.37. The first-order chi connectivity index (χ1) is 9.00. The first-order valence-corrected chi connectivity index (χ1v) is 5.54. The fourth-order valence-electron chi connectivity index (χ4n) is 2.32. The zero-order valence-corrected chi connectivity index (χ0v) is 9.91. The van der Waals surface area contributed by atoms with Crippen LogP contribution in [0.4, 0.5) is 5.69 Å². The number of hydrogen-bond donors (Lipinski definition) is 0. The molecule has 0 aliphatic carbocycles. The number of hydrogen-bond acceptors (Lipinski definition) is 4. The molecule has 0 unspecified atom stereocenters. The molecule has 0 aromatic heterocycles. The van der Waals surface area contributed by atoms with Crippen molar-refractivity contribution in [3.05, 3.63) is 51.6 Å². The molecular formula is C13H8N2O4. The van der Waals surface area contributed by atoms with Gasteiger partial charge in [0.1, 0.15) is 0 Å². The van der Waals surface area contributed by atoms with Crippen LogP contribution in [-0.4, -0.2) is 28.7 Å². The summed E-state index contributed by atoms with van der Waals surface area (Å²) in [5, 5.41) is 11.9. The number of rotatable bonds is 1. The standard InChI is InChI=1S/C13H8N2O4/c1-14-12(16)9-4-2-3-7-5-8(15(18)19)6-10(11(7)9)13(14)17/h2-6H,1H3. The van der Waals surface area contributed by atoms with Gasteiger partial charge < -0.3 is 0 Å². The van der Waals surface area contributed by atoms with Gasteiger partial charge in [-0.25, -0.2) is 0 Å². The Bertz CT molecular complexity index is 767. The SMILES string of the molecule is CN1C(=O)c2cccc3cc([N+](=O)[O-])cc(c23)C1=O. The average Bonchev–Trinajstić information content (AvgIpc) is 2.41. The molecule has 19 heavy (non-hydrogen) atoms. The summed E-state index contributed by atoms with van der Waals surface area (Å²) >= 11 is 0. The van der Waals surface area contributed by atoms with Gasteiger partial charge in [-0.3, -0.25) is 24.6 Å². The van der Waals surface area contributed by atoms with Gasteiger partial charge in [0.25, 0.3) is 17.5 Å². The van der Waals surface area contributed by atoms with Crippen molar-refractivity contribution in [1.29, 1.82) is 0 Å². The molecule has 6 nitrogen and oxygen atoms in total. The van der Waals surface area contributed by atoms with E-state index in [2.05, 4.69) is 0 Å². The molecule has 0 spiro atoms. The number of nitro groups is 1. The number of nitro benzene ring substituents is 1. The summed E-state index contributed by atoms with van der Waals surface area (Å²) in [6.45, 7) is 0. The van der Waals surface area contributed by atoms with Crippen LogP contribution >= 0.6 is 0 Å². The van der Waals surface area contributed by atoms with Crippen LogP contribution in [-0.2, 0) is 0 Å². The molecule has 6 heteroatoms. The lowest BCUT2D eigenvalue weighted by molar-refractivity contribution is -0.384. The van der Waals surface area contributed by atoms with E-state index in [1.165, 1.54) is 19.2 Å². The third-order valence-corrected chi connectivity index (χ3v) is 3.24. The quantitative estimate of drug-likeness (QED) is 0.444. The predicted molar refractivity (Wildman–Crippen MR) is 67.0 cm³/mol. The first-order valence-electron chi connectivity index (χ1n) is 5.54. The van der Waals surface area contributed by atoms with E-state index >= 15 is 0 Å². The van der Waals surface area contributed by atoms with Crippen LogP contribution < -0.4 is 0 Å². The number of imide groups is 1. The normalized spacial score (nSPS) is 14.1. The van der Waals surface area contributed by atoms with Gasteiger partial charge in [0.2, 0.25) is 0 Å². The monoisotopic (exact) mass is 256 g/mol. The number of benzene rings is 2. The van der Waals surface area contributed by atoms with Crippen molar-refractivity contribution in [2.45, 2.75) is 0 Å². The molecule has 0 bridgehead atoms. The molecule has 2 amide bonds. The summed E-state index contributed by atoms with van der Waals surface area (Å²) in [5.74, 6) is -0.908. The van der Waals surface area contributed by atoms with E-state index < -0.39 is 16.7 Å². The van der Waals surface area contributed by atoms with Crippen LogP contribution in [0.25, 0.3) is 10.8 Å². The van der Waals surface area contributed by atoms with Crippen LogP contribution in [0.5, 0.6) is 0 Å². The molecule has 0 N–H and O–H groups in total. The lowest BCUT2D eigenvalue weighted by atomic mass is 9.94. The van der Waals surface area contributed by atoms with E-state index in [4.69, 9.17) is 0 Å². The number of carbonyl (C=O) groups excluding carboxylic acids is 2. The zero-order chi connectivity index (χ0) is 13.7. The molecule has 1 heterocycles. The van der Waals surface area contributed by atoms with Crippen molar-refractivity contribution in [1.82, 2.24) is 4.90 Å². The molecule has 3 rings (SSSR count). The van der Waals surface area contributed by atoms with Gasteiger partial charge >= 0.3 is 0 Å². The van der Waals surface area contributed by atoms with Crippen LogP contribution in [0, 0.1) is 10.1 Å². The van der Waals surface area contributed by atoms with Gasteiger partial charge in [-0.2, -0.15) is 0 Å². The molecule has 0 atom stereocenters. The maximum absolute atomic E-state index is 12.1. The highest BCUT2D eigenvalue weighted by molar-refractivity contribution is 6.25. The number of nitrogens with zero attached hydrogens (tertiary/aromatic N) is 2. The maximum atomic E-state index is 12.1. The zero-order valence-electron chi connectivity index (χ0n) is 9.91. The third kappa shape index (κ3) is 1.43. The fraction of sp³-hybridized carbons (Fsp3) is 0.0769. The minimum atomic E-state index is -0.549. The van der Waals surface area contributed by atoms with E-state index in [-0.39, 0.29) is 11.3 Å². The summed E-state index contributed by atoms with van der Waals surface area (Å²) in [6.07, 6.45) is 0. The number of amides is 2. The number of carbonyl (C=O) groups is 2. The second-order valence-electron chi connectivity index (χ2n) is 4.32. The van der Waals surface area contributed by atoms with Gasteiger partial charge in [-0.1, -0.05) is 12.1 Å². The molecule has 2 aromatic carbocycles. The molecule has 1 aliphatic heterocycles. The topological polar surface area (TPSA) is 80.5 Å². The summed E-state index contributed by atoms with van der Waals surface area (Å²) < 4.78 is 0. The Morgan fingerprint density at radius 2 is 1.79 bits per heavy atom. The van der Waals surface area contributed by atoms with Crippen LogP contribution in [0.15, 0.2) is 30.3 Å². The Morgan fingerprint density at radius 1 is 1.11 bits per heavy atom. The minimum Gasteiger partial charge on any atom is -0.277 e. The van der Waals surface area contributed by atoms with E-state index in [9.17, 15) is 19.7 Å². The lowest BCUT2D eigenvalue weighted by Crippen LogP contribution is -2.36. The average molecular weight is 256 g/mol. The summed E-state index contributed by atoms with van der Waals surface area (Å²) in [5.41, 5.74) is 0.433.